The molecule has 0 spiro atoms. The van der Waals surface area contributed by atoms with E-state index in [-0.39, 0.29) is 11.9 Å². The molecule has 2 amide bonds. The molecule has 2 rings (SSSR count). The highest BCUT2D eigenvalue weighted by atomic mass is 16.2. The van der Waals surface area contributed by atoms with Gasteiger partial charge in [0.25, 0.3) is 0 Å². The van der Waals surface area contributed by atoms with Crippen LogP contribution in [0.3, 0.4) is 0 Å². The van der Waals surface area contributed by atoms with Crippen molar-refractivity contribution in [1.82, 2.24) is 5.32 Å². The van der Waals surface area contributed by atoms with E-state index in [1.165, 1.54) is 19.3 Å². The van der Waals surface area contributed by atoms with Gasteiger partial charge in [-0.15, -0.1) is 0 Å². The topological polar surface area (TPSA) is 84.2 Å². The van der Waals surface area contributed by atoms with Crippen molar-refractivity contribution in [3.05, 3.63) is 29.8 Å². The van der Waals surface area contributed by atoms with Gasteiger partial charge in [-0.3, -0.25) is 9.59 Å². The SMILES string of the molecule is C[C@H](N[C@H]1CCCC[C@@H]1C)C(=O)Nc1ccc(C(N)=O)cc1. The van der Waals surface area contributed by atoms with Crippen LogP contribution in [0.25, 0.3) is 0 Å². The van der Waals surface area contributed by atoms with Crippen LogP contribution in [0.2, 0.25) is 0 Å². The van der Waals surface area contributed by atoms with E-state index >= 15 is 0 Å². The first-order valence-electron chi connectivity index (χ1n) is 7.94. The Morgan fingerprint density at radius 3 is 2.41 bits per heavy atom. The highest BCUT2D eigenvalue weighted by molar-refractivity contribution is 5.96. The van der Waals surface area contributed by atoms with E-state index in [9.17, 15) is 9.59 Å². The molecule has 0 aromatic heterocycles. The van der Waals surface area contributed by atoms with Gasteiger partial charge in [-0.1, -0.05) is 19.8 Å². The van der Waals surface area contributed by atoms with Gasteiger partial charge in [0.1, 0.15) is 0 Å². The number of carbonyl (C=O) groups excluding carboxylic acids is 2. The fourth-order valence-corrected chi connectivity index (χ4v) is 2.93. The van der Waals surface area contributed by atoms with Crippen LogP contribution in [0.5, 0.6) is 0 Å². The second-order valence-electron chi connectivity index (χ2n) is 6.19. The highest BCUT2D eigenvalue weighted by Crippen LogP contribution is 2.24. The predicted octanol–water partition coefficient (Wildman–Crippen LogP) is 2.28. The summed E-state index contributed by atoms with van der Waals surface area (Å²) in [6.07, 6.45) is 4.86. The minimum Gasteiger partial charge on any atom is -0.366 e. The predicted molar refractivity (Wildman–Crippen MR) is 87.6 cm³/mol. The maximum atomic E-state index is 12.2. The Morgan fingerprint density at radius 2 is 1.82 bits per heavy atom. The first kappa shape index (κ1) is 16.5. The molecule has 1 aliphatic rings. The van der Waals surface area contributed by atoms with Crippen LogP contribution in [-0.4, -0.2) is 23.9 Å². The average molecular weight is 303 g/mol. The van der Waals surface area contributed by atoms with Gasteiger partial charge in [0.15, 0.2) is 0 Å². The lowest BCUT2D eigenvalue weighted by Crippen LogP contribution is -2.47. The molecular formula is C17H25N3O2. The first-order valence-corrected chi connectivity index (χ1v) is 7.94. The van der Waals surface area contributed by atoms with E-state index in [1.807, 2.05) is 6.92 Å². The third-order valence-electron chi connectivity index (χ3n) is 4.41. The minimum absolute atomic E-state index is 0.0652. The molecule has 0 bridgehead atoms. The van der Waals surface area contributed by atoms with Crippen molar-refractivity contribution in [2.45, 2.75) is 51.6 Å². The van der Waals surface area contributed by atoms with Gasteiger partial charge < -0.3 is 16.4 Å². The van der Waals surface area contributed by atoms with E-state index in [0.717, 1.165) is 6.42 Å². The van der Waals surface area contributed by atoms with Crippen molar-refractivity contribution < 1.29 is 9.59 Å². The summed E-state index contributed by atoms with van der Waals surface area (Å²) in [5.74, 6) is 0.0719. The van der Waals surface area contributed by atoms with Crippen LogP contribution in [0, 0.1) is 5.92 Å². The highest BCUT2D eigenvalue weighted by Gasteiger charge is 2.24. The third-order valence-corrected chi connectivity index (χ3v) is 4.41. The first-order chi connectivity index (χ1) is 10.5. The Hall–Kier alpha value is -1.88. The molecule has 1 aliphatic carbocycles. The fourth-order valence-electron chi connectivity index (χ4n) is 2.93. The normalized spacial score (nSPS) is 22.8. The Bertz CT molecular complexity index is 527. The fraction of sp³-hybridized carbons (Fsp3) is 0.529. The molecule has 0 aliphatic heterocycles. The zero-order valence-corrected chi connectivity index (χ0v) is 13.3. The molecule has 4 N–H and O–H groups in total. The smallest absolute Gasteiger partial charge is 0.248 e. The van der Waals surface area contributed by atoms with Gasteiger partial charge in [0.2, 0.25) is 11.8 Å². The molecule has 120 valence electrons. The number of nitrogens with one attached hydrogen (secondary N) is 2. The van der Waals surface area contributed by atoms with Crippen LogP contribution in [0.4, 0.5) is 5.69 Å². The van der Waals surface area contributed by atoms with Crippen molar-refractivity contribution in [2.75, 3.05) is 5.32 Å². The number of primary amides is 1. The zero-order valence-electron chi connectivity index (χ0n) is 13.3. The van der Waals surface area contributed by atoms with Crippen molar-refractivity contribution in [2.24, 2.45) is 11.7 Å². The second kappa shape index (κ2) is 7.40. The molecule has 1 aromatic rings. The molecule has 1 saturated carbocycles. The summed E-state index contributed by atoms with van der Waals surface area (Å²) in [5.41, 5.74) is 6.29. The van der Waals surface area contributed by atoms with E-state index < -0.39 is 5.91 Å². The third kappa shape index (κ3) is 4.31. The number of hydrogen-bond acceptors (Lipinski definition) is 3. The molecule has 5 nitrogen and oxygen atoms in total. The number of nitrogens with two attached hydrogens (primary N) is 1. The van der Waals surface area contributed by atoms with Crippen molar-refractivity contribution in [1.29, 1.82) is 0 Å². The molecular weight excluding hydrogens is 278 g/mol. The molecule has 1 fully saturated rings. The summed E-state index contributed by atoms with van der Waals surface area (Å²) in [6, 6.07) is 6.76. The molecule has 3 atom stereocenters. The number of carbonyl (C=O) groups is 2. The molecule has 5 heteroatoms. The lowest BCUT2D eigenvalue weighted by atomic mass is 9.85. The number of benzene rings is 1. The molecule has 22 heavy (non-hydrogen) atoms. The standard InChI is InChI=1S/C17H25N3O2/c1-11-5-3-4-6-15(11)19-12(2)17(22)20-14-9-7-13(8-10-14)16(18)21/h7-12,15,19H,3-6H2,1-2H3,(H2,18,21)(H,20,22)/t11-,12-,15-/m0/s1. The summed E-state index contributed by atoms with van der Waals surface area (Å²) < 4.78 is 0. The Kier molecular flexibility index (Phi) is 5.55. The summed E-state index contributed by atoms with van der Waals surface area (Å²) in [6.45, 7) is 4.12. The van der Waals surface area contributed by atoms with Gasteiger partial charge in [0, 0.05) is 17.3 Å². The number of rotatable bonds is 5. The van der Waals surface area contributed by atoms with Crippen LogP contribution in [0.1, 0.15) is 49.9 Å². The molecule has 0 saturated heterocycles. The lowest BCUT2D eigenvalue weighted by molar-refractivity contribution is -0.118. The summed E-state index contributed by atoms with van der Waals surface area (Å²) in [7, 11) is 0. The van der Waals surface area contributed by atoms with Gasteiger partial charge in [-0.25, -0.2) is 0 Å². The molecule has 0 unspecified atom stereocenters. The van der Waals surface area contributed by atoms with Gasteiger partial charge in [0.05, 0.1) is 6.04 Å². The van der Waals surface area contributed by atoms with Crippen molar-refractivity contribution in [3.63, 3.8) is 0 Å². The van der Waals surface area contributed by atoms with Crippen LogP contribution in [-0.2, 0) is 4.79 Å². The quantitative estimate of drug-likeness (QED) is 0.780. The number of hydrogen-bond donors (Lipinski definition) is 3. The maximum absolute atomic E-state index is 12.2. The second-order valence-corrected chi connectivity index (χ2v) is 6.19. The van der Waals surface area contributed by atoms with E-state index in [2.05, 4.69) is 17.6 Å². The summed E-state index contributed by atoms with van der Waals surface area (Å²) in [5, 5.41) is 6.29. The molecule has 1 aromatic carbocycles. The minimum atomic E-state index is -0.473. The summed E-state index contributed by atoms with van der Waals surface area (Å²) in [4.78, 5) is 23.3. The molecule has 0 radical (unpaired) electrons. The maximum Gasteiger partial charge on any atom is 0.248 e. The van der Waals surface area contributed by atoms with Crippen molar-refractivity contribution >= 4 is 17.5 Å². The van der Waals surface area contributed by atoms with Crippen LogP contribution in [0.15, 0.2) is 24.3 Å². The van der Waals surface area contributed by atoms with Crippen LogP contribution < -0.4 is 16.4 Å². The summed E-state index contributed by atoms with van der Waals surface area (Å²) >= 11 is 0. The Labute approximate surface area is 131 Å². The number of anilines is 1. The largest absolute Gasteiger partial charge is 0.366 e. The average Bonchev–Trinajstić information content (AvgIpc) is 2.50. The van der Waals surface area contributed by atoms with Gasteiger partial charge in [-0.2, -0.15) is 0 Å². The van der Waals surface area contributed by atoms with Crippen LogP contribution >= 0.6 is 0 Å². The Morgan fingerprint density at radius 1 is 1.18 bits per heavy atom. The molecule has 0 heterocycles. The lowest BCUT2D eigenvalue weighted by Gasteiger charge is -2.31. The number of amides is 2. The zero-order chi connectivity index (χ0) is 16.1. The van der Waals surface area contributed by atoms with E-state index in [0.29, 0.717) is 23.2 Å². The van der Waals surface area contributed by atoms with E-state index in [1.54, 1.807) is 24.3 Å². The van der Waals surface area contributed by atoms with Gasteiger partial charge in [-0.05, 0) is 49.9 Å². The van der Waals surface area contributed by atoms with E-state index in [4.69, 9.17) is 5.73 Å². The van der Waals surface area contributed by atoms with Gasteiger partial charge >= 0.3 is 0 Å². The monoisotopic (exact) mass is 303 g/mol. The van der Waals surface area contributed by atoms with Crippen molar-refractivity contribution in [3.8, 4) is 0 Å². The Balaban J connectivity index is 1.89.